The number of rotatable bonds is 6. The molecule has 156 valence electrons. The van der Waals surface area contributed by atoms with Crippen LogP contribution in [-0.4, -0.2) is 28.5 Å². The Labute approximate surface area is 182 Å². The first-order valence-corrected chi connectivity index (χ1v) is 11.5. The third-order valence-corrected chi connectivity index (χ3v) is 6.56. The summed E-state index contributed by atoms with van der Waals surface area (Å²) in [7, 11) is 0. The Morgan fingerprint density at radius 1 is 1.00 bits per heavy atom. The second-order valence-electron chi connectivity index (χ2n) is 8.16. The van der Waals surface area contributed by atoms with Crippen LogP contribution in [0.4, 0.5) is 5.69 Å². The highest BCUT2D eigenvalue weighted by molar-refractivity contribution is 7.07. The lowest BCUT2D eigenvalue weighted by molar-refractivity contribution is -0.127. The first-order valence-electron chi connectivity index (χ1n) is 10.7. The van der Waals surface area contributed by atoms with Crippen LogP contribution < -0.4 is 4.80 Å². The van der Waals surface area contributed by atoms with Crippen LogP contribution in [0.5, 0.6) is 0 Å². The van der Waals surface area contributed by atoms with Gasteiger partial charge in [0.05, 0.1) is 11.4 Å². The van der Waals surface area contributed by atoms with Crippen molar-refractivity contribution in [3.63, 3.8) is 0 Å². The highest BCUT2D eigenvalue weighted by Gasteiger charge is 2.19. The summed E-state index contributed by atoms with van der Waals surface area (Å²) < 4.78 is 2.31. The van der Waals surface area contributed by atoms with Crippen molar-refractivity contribution >= 4 is 22.9 Å². The van der Waals surface area contributed by atoms with E-state index in [9.17, 15) is 4.79 Å². The van der Waals surface area contributed by atoms with Crippen LogP contribution in [0.3, 0.4) is 0 Å². The van der Waals surface area contributed by atoms with E-state index in [2.05, 4.69) is 73.2 Å². The van der Waals surface area contributed by atoms with E-state index in [-0.39, 0.29) is 0 Å². The highest BCUT2D eigenvalue weighted by atomic mass is 32.1. The van der Waals surface area contributed by atoms with Gasteiger partial charge in [-0.3, -0.25) is 4.79 Å². The fourth-order valence-electron chi connectivity index (χ4n) is 3.98. The molecule has 2 heterocycles. The predicted molar refractivity (Wildman–Crippen MR) is 124 cm³/mol. The number of aryl methyl sites for hydroxylation is 3. The van der Waals surface area contributed by atoms with Gasteiger partial charge in [-0.1, -0.05) is 47.5 Å². The van der Waals surface area contributed by atoms with Crippen LogP contribution >= 0.6 is 11.3 Å². The third kappa shape index (κ3) is 4.57. The lowest BCUT2D eigenvalue weighted by Crippen LogP contribution is -2.27. The number of carbonyl (C=O) groups excluding carboxylic acids is 1. The van der Waals surface area contributed by atoms with E-state index in [1.807, 2.05) is 4.90 Å². The number of amides is 1. The van der Waals surface area contributed by atoms with Crippen LogP contribution in [0, 0.1) is 20.8 Å². The van der Waals surface area contributed by atoms with Crippen LogP contribution in [0.15, 0.2) is 52.8 Å². The zero-order valence-electron chi connectivity index (χ0n) is 18.0. The third-order valence-electron chi connectivity index (χ3n) is 5.69. The smallest absolute Gasteiger partial charge is 0.222 e. The predicted octanol–water partition coefficient (Wildman–Crippen LogP) is 5.39. The van der Waals surface area contributed by atoms with Crippen molar-refractivity contribution in [1.29, 1.82) is 0 Å². The van der Waals surface area contributed by atoms with E-state index in [4.69, 9.17) is 4.99 Å². The molecule has 0 atom stereocenters. The molecule has 4 rings (SSSR count). The molecular weight excluding hydrogens is 390 g/mol. The highest BCUT2D eigenvalue weighted by Crippen LogP contribution is 2.23. The van der Waals surface area contributed by atoms with Gasteiger partial charge in [-0.25, -0.2) is 4.99 Å². The lowest BCUT2D eigenvalue weighted by Gasteiger charge is -2.16. The molecule has 1 saturated heterocycles. The monoisotopic (exact) mass is 419 g/mol. The van der Waals surface area contributed by atoms with Gasteiger partial charge in [0.1, 0.15) is 0 Å². The number of carbonyl (C=O) groups is 1. The molecule has 2 aromatic carbocycles. The second kappa shape index (κ2) is 9.00. The standard InChI is InChI=1S/C25H29N3OS/c1-18-7-10-21(11-8-18)23-17-30-25(26-22-12-9-19(2)16-20(22)3)28(23)15-5-14-27-13-4-6-24(27)29/h7-12,16-17H,4-6,13-15H2,1-3H3. The fraction of sp³-hybridized carbons (Fsp3) is 0.360. The average molecular weight is 420 g/mol. The van der Waals surface area contributed by atoms with Crippen molar-refractivity contribution in [3.8, 4) is 11.3 Å². The van der Waals surface area contributed by atoms with Gasteiger partial charge in [-0.05, 0) is 50.8 Å². The number of aromatic nitrogens is 1. The Morgan fingerprint density at radius 2 is 1.77 bits per heavy atom. The zero-order valence-corrected chi connectivity index (χ0v) is 18.8. The maximum Gasteiger partial charge on any atom is 0.222 e. The van der Waals surface area contributed by atoms with E-state index < -0.39 is 0 Å². The molecule has 0 radical (unpaired) electrons. The zero-order chi connectivity index (χ0) is 21.1. The fourth-order valence-corrected chi connectivity index (χ4v) is 4.93. The lowest BCUT2D eigenvalue weighted by atomic mass is 10.1. The molecule has 1 aliphatic heterocycles. The van der Waals surface area contributed by atoms with Crippen molar-refractivity contribution in [2.45, 2.75) is 46.6 Å². The van der Waals surface area contributed by atoms with E-state index >= 15 is 0 Å². The van der Waals surface area contributed by atoms with E-state index in [0.29, 0.717) is 12.3 Å². The van der Waals surface area contributed by atoms with Gasteiger partial charge in [0, 0.05) is 31.4 Å². The number of nitrogens with zero attached hydrogens (tertiary/aromatic N) is 3. The van der Waals surface area contributed by atoms with Crippen molar-refractivity contribution < 1.29 is 4.79 Å². The van der Waals surface area contributed by atoms with E-state index in [1.54, 1.807) is 11.3 Å². The molecule has 5 heteroatoms. The summed E-state index contributed by atoms with van der Waals surface area (Å²) >= 11 is 1.68. The van der Waals surface area contributed by atoms with E-state index in [1.165, 1.54) is 27.9 Å². The van der Waals surface area contributed by atoms with Crippen molar-refractivity contribution in [2.75, 3.05) is 13.1 Å². The molecule has 1 aliphatic rings. The van der Waals surface area contributed by atoms with Crippen LogP contribution in [-0.2, 0) is 11.3 Å². The maximum absolute atomic E-state index is 12.0. The Bertz CT molecular complexity index is 1110. The van der Waals surface area contributed by atoms with Crippen molar-refractivity contribution in [2.24, 2.45) is 4.99 Å². The molecule has 0 bridgehead atoms. The Kier molecular flexibility index (Phi) is 6.18. The summed E-state index contributed by atoms with van der Waals surface area (Å²) in [5, 5.41) is 2.20. The first kappa shape index (κ1) is 20.6. The van der Waals surface area contributed by atoms with Crippen molar-refractivity contribution in [3.05, 3.63) is 69.3 Å². The molecule has 0 aliphatic carbocycles. The number of thiazole rings is 1. The SMILES string of the molecule is Cc1ccc(-c2csc(=Nc3ccc(C)cc3C)n2CCCN2CCCC2=O)cc1. The summed E-state index contributed by atoms with van der Waals surface area (Å²) in [6, 6.07) is 15.1. The van der Waals surface area contributed by atoms with Gasteiger partial charge < -0.3 is 9.47 Å². The second-order valence-corrected chi connectivity index (χ2v) is 9.00. The molecule has 0 N–H and O–H groups in total. The number of benzene rings is 2. The Balaban J connectivity index is 1.67. The minimum Gasteiger partial charge on any atom is -0.343 e. The average Bonchev–Trinajstić information content (AvgIpc) is 3.31. The van der Waals surface area contributed by atoms with Gasteiger partial charge >= 0.3 is 0 Å². The summed E-state index contributed by atoms with van der Waals surface area (Å²) in [4.78, 5) is 20.0. The molecule has 0 unspecified atom stereocenters. The molecule has 4 nitrogen and oxygen atoms in total. The van der Waals surface area contributed by atoms with E-state index in [0.717, 1.165) is 43.0 Å². The topological polar surface area (TPSA) is 37.6 Å². The summed E-state index contributed by atoms with van der Waals surface area (Å²) in [6.07, 6.45) is 2.63. The molecule has 1 aromatic heterocycles. The minimum absolute atomic E-state index is 0.296. The molecule has 30 heavy (non-hydrogen) atoms. The number of likely N-dealkylation sites (tertiary alicyclic amines) is 1. The summed E-state index contributed by atoms with van der Waals surface area (Å²) in [5.41, 5.74) is 7.11. The molecule has 3 aromatic rings. The van der Waals surface area contributed by atoms with Gasteiger partial charge in [0.2, 0.25) is 5.91 Å². The van der Waals surface area contributed by atoms with Gasteiger partial charge in [0.25, 0.3) is 0 Å². The number of hydrogen-bond acceptors (Lipinski definition) is 3. The van der Waals surface area contributed by atoms with Gasteiger partial charge in [0.15, 0.2) is 4.80 Å². The normalized spacial score (nSPS) is 14.7. The minimum atomic E-state index is 0.296. The Hall–Kier alpha value is -2.66. The Morgan fingerprint density at radius 3 is 2.47 bits per heavy atom. The number of hydrogen-bond donors (Lipinski definition) is 0. The molecule has 0 saturated carbocycles. The molecule has 1 fully saturated rings. The van der Waals surface area contributed by atoms with Gasteiger partial charge in [-0.2, -0.15) is 0 Å². The molecular formula is C25H29N3OS. The molecule has 1 amide bonds. The van der Waals surface area contributed by atoms with Gasteiger partial charge in [-0.15, -0.1) is 11.3 Å². The maximum atomic E-state index is 12.0. The first-order chi connectivity index (χ1) is 14.5. The molecule has 0 spiro atoms. The van der Waals surface area contributed by atoms with Crippen molar-refractivity contribution in [1.82, 2.24) is 9.47 Å². The van der Waals surface area contributed by atoms with Crippen LogP contribution in [0.2, 0.25) is 0 Å². The summed E-state index contributed by atoms with van der Waals surface area (Å²) in [6.45, 7) is 8.90. The van der Waals surface area contributed by atoms with Crippen LogP contribution in [0.25, 0.3) is 11.3 Å². The summed E-state index contributed by atoms with van der Waals surface area (Å²) in [5.74, 6) is 0.296. The quantitative estimate of drug-likeness (QED) is 0.528. The van der Waals surface area contributed by atoms with Crippen LogP contribution in [0.1, 0.15) is 36.0 Å². The largest absolute Gasteiger partial charge is 0.343 e.